The molecular weight excluding hydrogens is 272 g/mol. The van der Waals surface area contributed by atoms with Gasteiger partial charge in [0, 0.05) is 30.9 Å². The molecule has 0 aliphatic heterocycles. The summed E-state index contributed by atoms with van der Waals surface area (Å²) in [6.07, 6.45) is 2.48. The van der Waals surface area contributed by atoms with Crippen molar-refractivity contribution in [1.82, 2.24) is 9.55 Å². The van der Waals surface area contributed by atoms with Crippen molar-refractivity contribution in [1.29, 1.82) is 0 Å². The number of hydrogen-bond donors (Lipinski definition) is 1. The predicted octanol–water partition coefficient (Wildman–Crippen LogP) is 3.82. The minimum atomic E-state index is -0.863. The third-order valence-electron chi connectivity index (χ3n) is 3.34. The third kappa shape index (κ3) is 3.02. The fourth-order valence-corrected chi connectivity index (χ4v) is 2.27. The number of nitrogens with zero attached hydrogens (tertiary/aromatic N) is 2. The maximum Gasteiger partial charge on any atom is 0.161 e. The molecule has 3 nitrogen and oxygen atoms in total. The lowest BCUT2D eigenvalue weighted by atomic mass is 10.3. The maximum atomic E-state index is 13.3. The van der Waals surface area contributed by atoms with Gasteiger partial charge in [-0.25, -0.2) is 13.8 Å². The average Bonchev–Trinajstić information content (AvgIpc) is 2.87. The molecule has 1 heterocycles. The molecule has 0 spiro atoms. The molecule has 0 radical (unpaired) electrons. The second kappa shape index (κ2) is 5.91. The molecule has 3 rings (SSSR count). The topological polar surface area (TPSA) is 29.9 Å². The van der Waals surface area contributed by atoms with Crippen LogP contribution in [0.1, 0.15) is 6.42 Å². The third-order valence-corrected chi connectivity index (χ3v) is 3.34. The Labute approximate surface area is 121 Å². The molecule has 0 fully saturated rings. The quantitative estimate of drug-likeness (QED) is 0.723. The van der Waals surface area contributed by atoms with Gasteiger partial charge in [0.1, 0.15) is 0 Å². The number of anilines is 1. The van der Waals surface area contributed by atoms with E-state index in [2.05, 4.69) is 10.3 Å². The van der Waals surface area contributed by atoms with E-state index in [9.17, 15) is 8.78 Å². The average molecular weight is 287 g/mol. The van der Waals surface area contributed by atoms with Crippen molar-refractivity contribution in [3.05, 3.63) is 60.4 Å². The molecule has 21 heavy (non-hydrogen) atoms. The van der Waals surface area contributed by atoms with E-state index in [1.165, 1.54) is 6.07 Å². The summed E-state index contributed by atoms with van der Waals surface area (Å²) in [7, 11) is 0. The Morgan fingerprint density at radius 2 is 1.81 bits per heavy atom. The Kier molecular flexibility index (Phi) is 3.81. The monoisotopic (exact) mass is 287 g/mol. The molecule has 0 unspecified atom stereocenters. The highest BCUT2D eigenvalue weighted by Crippen LogP contribution is 2.17. The summed E-state index contributed by atoms with van der Waals surface area (Å²) in [5, 5.41) is 3.31. The fraction of sp³-hybridized carbons (Fsp3) is 0.188. The first-order valence-electron chi connectivity index (χ1n) is 6.83. The molecule has 0 amide bonds. The van der Waals surface area contributed by atoms with Gasteiger partial charge in [0.05, 0.1) is 17.4 Å². The van der Waals surface area contributed by atoms with Gasteiger partial charge in [0.2, 0.25) is 0 Å². The fourth-order valence-electron chi connectivity index (χ4n) is 2.27. The standard InChI is InChI=1S/C16H15F2N3/c17-13-9-15-16(10-14(13)18)21(11-20-15)8-4-7-19-12-5-2-1-3-6-12/h1-3,5-6,9-11,19H,4,7-8H2. The van der Waals surface area contributed by atoms with Gasteiger partial charge in [-0.05, 0) is 18.6 Å². The molecule has 2 aromatic carbocycles. The van der Waals surface area contributed by atoms with E-state index in [-0.39, 0.29) is 0 Å². The molecule has 3 aromatic rings. The second-order valence-corrected chi connectivity index (χ2v) is 4.84. The number of halogens is 2. The van der Waals surface area contributed by atoms with Crippen molar-refractivity contribution < 1.29 is 8.78 Å². The van der Waals surface area contributed by atoms with Crippen LogP contribution in [0.25, 0.3) is 11.0 Å². The van der Waals surface area contributed by atoms with E-state index in [0.29, 0.717) is 17.6 Å². The molecule has 108 valence electrons. The van der Waals surface area contributed by atoms with Gasteiger partial charge in [0.25, 0.3) is 0 Å². The molecule has 0 atom stereocenters. The number of para-hydroxylation sites is 1. The Morgan fingerprint density at radius 3 is 2.62 bits per heavy atom. The van der Waals surface area contributed by atoms with E-state index in [1.807, 2.05) is 34.9 Å². The molecule has 0 aliphatic carbocycles. The molecule has 1 aromatic heterocycles. The highest BCUT2D eigenvalue weighted by Gasteiger charge is 2.08. The first-order chi connectivity index (χ1) is 10.2. The second-order valence-electron chi connectivity index (χ2n) is 4.84. The SMILES string of the molecule is Fc1cc2ncn(CCCNc3ccccc3)c2cc1F. The number of fused-ring (bicyclic) bond motifs is 1. The summed E-state index contributed by atoms with van der Waals surface area (Å²) in [6.45, 7) is 1.49. The molecule has 1 N–H and O–H groups in total. The number of nitrogens with one attached hydrogen (secondary N) is 1. The van der Waals surface area contributed by atoms with Crippen molar-refractivity contribution in [2.45, 2.75) is 13.0 Å². The molecule has 0 saturated carbocycles. The largest absolute Gasteiger partial charge is 0.385 e. The first kappa shape index (κ1) is 13.5. The summed E-state index contributed by atoms with van der Waals surface area (Å²) in [4.78, 5) is 4.09. The minimum Gasteiger partial charge on any atom is -0.385 e. The van der Waals surface area contributed by atoms with E-state index in [0.717, 1.165) is 24.7 Å². The van der Waals surface area contributed by atoms with Crippen LogP contribution in [0.2, 0.25) is 0 Å². The normalized spacial score (nSPS) is 11.0. The molecule has 0 aliphatic rings. The van der Waals surface area contributed by atoms with Crippen molar-refractivity contribution in [2.24, 2.45) is 0 Å². The van der Waals surface area contributed by atoms with Crippen LogP contribution >= 0.6 is 0 Å². The summed E-state index contributed by atoms with van der Waals surface area (Å²) in [5.41, 5.74) is 2.17. The Morgan fingerprint density at radius 1 is 1.05 bits per heavy atom. The van der Waals surface area contributed by atoms with Crippen LogP contribution in [0.5, 0.6) is 0 Å². The number of imidazole rings is 1. The lowest BCUT2D eigenvalue weighted by molar-refractivity contribution is 0.510. The van der Waals surface area contributed by atoms with E-state index < -0.39 is 11.6 Å². The van der Waals surface area contributed by atoms with Crippen LogP contribution < -0.4 is 5.32 Å². The molecule has 0 bridgehead atoms. The summed E-state index contributed by atoms with van der Waals surface area (Å²) < 4.78 is 28.2. The van der Waals surface area contributed by atoms with Crippen LogP contribution in [0.15, 0.2) is 48.8 Å². The van der Waals surface area contributed by atoms with Crippen LogP contribution in [0.3, 0.4) is 0 Å². The van der Waals surface area contributed by atoms with E-state index >= 15 is 0 Å². The van der Waals surface area contributed by atoms with Gasteiger partial charge < -0.3 is 9.88 Å². The molecular formula is C16H15F2N3. The summed E-state index contributed by atoms with van der Waals surface area (Å²) in [5.74, 6) is -1.70. The number of hydrogen-bond acceptors (Lipinski definition) is 2. The molecule has 0 saturated heterocycles. The van der Waals surface area contributed by atoms with Crippen molar-refractivity contribution in [3.8, 4) is 0 Å². The molecule has 5 heteroatoms. The van der Waals surface area contributed by atoms with Crippen LogP contribution in [-0.4, -0.2) is 16.1 Å². The lowest BCUT2D eigenvalue weighted by Crippen LogP contribution is -2.06. The lowest BCUT2D eigenvalue weighted by Gasteiger charge is -2.07. The van der Waals surface area contributed by atoms with Crippen molar-refractivity contribution >= 4 is 16.7 Å². The zero-order valence-electron chi connectivity index (χ0n) is 11.4. The highest BCUT2D eigenvalue weighted by molar-refractivity contribution is 5.75. The van der Waals surface area contributed by atoms with Gasteiger partial charge in [0.15, 0.2) is 11.6 Å². The smallest absolute Gasteiger partial charge is 0.161 e. The van der Waals surface area contributed by atoms with Gasteiger partial charge in [-0.3, -0.25) is 0 Å². The predicted molar refractivity (Wildman–Crippen MR) is 79.2 cm³/mol. The van der Waals surface area contributed by atoms with Gasteiger partial charge in [-0.2, -0.15) is 0 Å². The zero-order chi connectivity index (χ0) is 14.7. The minimum absolute atomic E-state index is 0.477. The highest BCUT2D eigenvalue weighted by atomic mass is 19.2. The summed E-state index contributed by atoms with van der Waals surface area (Å²) >= 11 is 0. The number of aryl methyl sites for hydroxylation is 1. The van der Waals surface area contributed by atoms with Crippen LogP contribution in [0.4, 0.5) is 14.5 Å². The van der Waals surface area contributed by atoms with Gasteiger partial charge >= 0.3 is 0 Å². The maximum absolute atomic E-state index is 13.3. The summed E-state index contributed by atoms with van der Waals surface area (Å²) in [6, 6.07) is 12.3. The number of rotatable bonds is 5. The van der Waals surface area contributed by atoms with Crippen molar-refractivity contribution in [3.63, 3.8) is 0 Å². The number of aromatic nitrogens is 2. The van der Waals surface area contributed by atoms with E-state index in [1.54, 1.807) is 6.33 Å². The Hall–Kier alpha value is -2.43. The van der Waals surface area contributed by atoms with Gasteiger partial charge in [-0.1, -0.05) is 18.2 Å². The van der Waals surface area contributed by atoms with Crippen molar-refractivity contribution in [2.75, 3.05) is 11.9 Å². The van der Waals surface area contributed by atoms with Crippen LogP contribution in [0, 0.1) is 11.6 Å². The van der Waals surface area contributed by atoms with Crippen LogP contribution in [-0.2, 0) is 6.54 Å². The first-order valence-corrected chi connectivity index (χ1v) is 6.83. The van der Waals surface area contributed by atoms with Gasteiger partial charge in [-0.15, -0.1) is 0 Å². The number of benzene rings is 2. The zero-order valence-corrected chi connectivity index (χ0v) is 11.4. The van der Waals surface area contributed by atoms with E-state index in [4.69, 9.17) is 0 Å². The Balaban J connectivity index is 1.62. The Bertz CT molecular complexity index is 738.